The zero-order valence-electron chi connectivity index (χ0n) is 10.9. The first-order chi connectivity index (χ1) is 8.09. The maximum atomic E-state index is 12.4. The van der Waals surface area contributed by atoms with E-state index < -0.39 is 0 Å². The van der Waals surface area contributed by atoms with E-state index in [0.29, 0.717) is 0 Å². The second kappa shape index (κ2) is 5.36. The molecule has 0 aromatic carbocycles. The van der Waals surface area contributed by atoms with Crippen LogP contribution in [0.1, 0.15) is 46.0 Å². The van der Waals surface area contributed by atoms with Crippen LogP contribution in [-0.2, 0) is 9.53 Å². The normalized spacial score (nSPS) is 35.9. The van der Waals surface area contributed by atoms with Crippen LogP contribution in [0.2, 0.25) is 0 Å². The maximum Gasteiger partial charge on any atom is 0.252 e. The lowest BCUT2D eigenvalue weighted by Gasteiger charge is -2.39. The summed E-state index contributed by atoms with van der Waals surface area (Å²) in [5.41, 5.74) is 5.99. The van der Waals surface area contributed by atoms with E-state index in [1.807, 2.05) is 18.7 Å². The number of piperidine rings is 1. The molecule has 17 heavy (non-hydrogen) atoms. The highest BCUT2D eigenvalue weighted by Gasteiger charge is 2.36. The first kappa shape index (κ1) is 12.8. The Kier molecular flexibility index (Phi) is 4.05. The lowest BCUT2D eigenvalue weighted by atomic mass is 9.96. The molecule has 0 spiro atoms. The van der Waals surface area contributed by atoms with Crippen molar-refractivity contribution in [2.24, 2.45) is 5.73 Å². The Bertz CT molecular complexity index is 281. The SMILES string of the molecule is CC1CCC(C(=O)N2CCCCC2C(C)N)O1. The summed E-state index contributed by atoms with van der Waals surface area (Å²) in [4.78, 5) is 14.4. The van der Waals surface area contributed by atoms with E-state index in [4.69, 9.17) is 10.5 Å². The predicted octanol–water partition coefficient (Wildman–Crippen LogP) is 1.28. The first-order valence-electron chi connectivity index (χ1n) is 6.81. The van der Waals surface area contributed by atoms with Crippen molar-refractivity contribution in [3.63, 3.8) is 0 Å². The zero-order valence-corrected chi connectivity index (χ0v) is 10.9. The van der Waals surface area contributed by atoms with Crippen LogP contribution < -0.4 is 5.73 Å². The van der Waals surface area contributed by atoms with Gasteiger partial charge in [0.05, 0.1) is 6.10 Å². The highest BCUT2D eigenvalue weighted by atomic mass is 16.5. The summed E-state index contributed by atoms with van der Waals surface area (Å²) < 4.78 is 5.67. The molecule has 0 saturated carbocycles. The van der Waals surface area contributed by atoms with E-state index in [2.05, 4.69) is 0 Å². The molecule has 2 saturated heterocycles. The summed E-state index contributed by atoms with van der Waals surface area (Å²) in [6.07, 6.45) is 5.17. The molecule has 0 aromatic rings. The van der Waals surface area contributed by atoms with Crippen LogP contribution in [0.15, 0.2) is 0 Å². The standard InChI is InChI=1S/C13H24N2O2/c1-9-6-7-12(17-9)13(16)15-8-4-3-5-11(15)10(2)14/h9-12H,3-8,14H2,1-2H3. The third-order valence-electron chi connectivity index (χ3n) is 3.95. The van der Waals surface area contributed by atoms with Gasteiger partial charge in [0.25, 0.3) is 5.91 Å². The van der Waals surface area contributed by atoms with Gasteiger partial charge in [-0.3, -0.25) is 4.79 Å². The molecule has 2 aliphatic rings. The number of hydrogen-bond acceptors (Lipinski definition) is 3. The molecule has 4 heteroatoms. The van der Waals surface area contributed by atoms with Gasteiger partial charge in [0, 0.05) is 18.6 Å². The van der Waals surface area contributed by atoms with Crippen LogP contribution in [0, 0.1) is 0 Å². The van der Waals surface area contributed by atoms with Gasteiger partial charge >= 0.3 is 0 Å². The van der Waals surface area contributed by atoms with Gasteiger partial charge in [-0.25, -0.2) is 0 Å². The minimum absolute atomic E-state index is 0.0538. The number of ether oxygens (including phenoxy) is 1. The zero-order chi connectivity index (χ0) is 12.4. The number of amides is 1. The molecule has 4 nitrogen and oxygen atoms in total. The summed E-state index contributed by atoms with van der Waals surface area (Å²) in [5.74, 6) is 0.163. The van der Waals surface area contributed by atoms with Crippen molar-refractivity contribution in [3.05, 3.63) is 0 Å². The maximum absolute atomic E-state index is 12.4. The van der Waals surface area contributed by atoms with Crippen molar-refractivity contribution in [1.82, 2.24) is 4.90 Å². The molecular formula is C13H24N2O2. The summed E-state index contributed by atoms with van der Waals surface area (Å²) in [6.45, 7) is 4.88. The van der Waals surface area contributed by atoms with Gasteiger partial charge in [0.1, 0.15) is 6.10 Å². The molecule has 1 amide bonds. The van der Waals surface area contributed by atoms with Gasteiger partial charge in [0.15, 0.2) is 0 Å². The molecule has 0 bridgehead atoms. The molecule has 98 valence electrons. The monoisotopic (exact) mass is 240 g/mol. The van der Waals surface area contributed by atoms with Gasteiger partial charge in [-0.2, -0.15) is 0 Å². The van der Waals surface area contributed by atoms with Crippen LogP contribution in [0.3, 0.4) is 0 Å². The quantitative estimate of drug-likeness (QED) is 0.791. The second-order valence-corrected chi connectivity index (χ2v) is 5.47. The number of hydrogen-bond donors (Lipinski definition) is 1. The minimum atomic E-state index is -0.218. The lowest BCUT2D eigenvalue weighted by Crippen LogP contribution is -2.54. The molecule has 2 fully saturated rings. The van der Waals surface area contributed by atoms with Crippen molar-refractivity contribution in [2.45, 2.75) is 70.2 Å². The molecule has 0 aliphatic carbocycles. The number of carbonyl (C=O) groups is 1. The molecule has 0 radical (unpaired) electrons. The number of likely N-dealkylation sites (tertiary alicyclic amines) is 1. The van der Waals surface area contributed by atoms with Crippen LogP contribution >= 0.6 is 0 Å². The summed E-state index contributed by atoms with van der Waals surface area (Å²) in [5, 5.41) is 0. The van der Waals surface area contributed by atoms with E-state index >= 15 is 0 Å². The number of rotatable bonds is 2. The van der Waals surface area contributed by atoms with E-state index in [9.17, 15) is 4.79 Å². The highest BCUT2D eigenvalue weighted by molar-refractivity contribution is 5.81. The van der Waals surface area contributed by atoms with Gasteiger partial charge in [-0.1, -0.05) is 0 Å². The average Bonchev–Trinajstić information content (AvgIpc) is 2.75. The summed E-state index contributed by atoms with van der Waals surface area (Å²) >= 11 is 0. The molecule has 4 atom stereocenters. The smallest absolute Gasteiger partial charge is 0.252 e. The Hall–Kier alpha value is -0.610. The number of carbonyl (C=O) groups excluding carboxylic acids is 1. The van der Waals surface area contributed by atoms with Crippen LogP contribution in [0.5, 0.6) is 0 Å². The van der Waals surface area contributed by atoms with Crippen LogP contribution in [0.4, 0.5) is 0 Å². The third kappa shape index (κ3) is 2.80. The van der Waals surface area contributed by atoms with Crippen molar-refractivity contribution in [3.8, 4) is 0 Å². The Balaban J connectivity index is 2.01. The summed E-state index contributed by atoms with van der Waals surface area (Å²) in [6, 6.07) is 0.258. The Morgan fingerprint density at radius 2 is 2.12 bits per heavy atom. The fourth-order valence-corrected chi connectivity index (χ4v) is 2.95. The molecule has 2 N–H and O–H groups in total. The van der Waals surface area contributed by atoms with Crippen molar-refractivity contribution < 1.29 is 9.53 Å². The lowest BCUT2D eigenvalue weighted by molar-refractivity contribution is -0.146. The van der Waals surface area contributed by atoms with Gasteiger partial charge in [-0.15, -0.1) is 0 Å². The fourth-order valence-electron chi connectivity index (χ4n) is 2.95. The molecule has 0 aromatic heterocycles. The third-order valence-corrected chi connectivity index (χ3v) is 3.95. The Morgan fingerprint density at radius 3 is 2.71 bits per heavy atom. The predicted molar refractivity (Wildman–Crippen MR) is 66.6 cm³/mol. The molecular weight excluding hydrogens is 216 g/mol. The minimum Gasteiger partial charge on any atom is -0.365 e. The largest absolute Gasteiger partial charge is 0.365 e. The van der Waals surface area contributed by atoms with Crippen molar-refractivity contribution in [2.75, 3.05) is 6.54 Å². The molecule has 2 heterocycles. The topological polar surface area (TPSA) is 55.6 Å². The Morgan fingerprint density at radius 1 is 1.35 bits per heavy atom. The Labute approximate surface area is 103 Å². The molecule has 4 unspecified atom stereocenters. The molecule has 2 rings (SSSR count). The number of nitrogens with zero attached hydrogens (tertiary/aromatic N) is 1. The van der Waals surface area contributed by atoms with Crippen LogP contribution in [-0.4, -0.2) is 41.6 Å². The first-order valence-corrected chi connectivity index (χ1v) is 6.81. The number of nitrogens with two attached hydrogens (primary N) is 1. The fraction of sp³-hybridized carbons (Fsp3) is 0.923. The van der Waals surface area contributed by atoms with Crippen LogP contribution in [0.25, 0.3) is 0 Å². The van der Waals surface area contributed by atoms with E-state index in [0.717, 1.165) is 32.2 Å². The van der Waals surface area contributed by atoms with Crippen molar-refractivity contribution in [1.29, 1.82) is 0 Å². The highest BCUT2D eigenvalue weighted by Crippen LogP contribution is 2.25. The van der Waals surface area contributed by atoms with Gasteiger partial charge in [0.2, 0.25) is 0 Å². The second-order valence-electron chi connectivity index (χ2n) is 5.47. The van der Waals surface area contributed by atoms with E-state index in [1.54, 1.807) is 0 Å². The average molecular weight is 240 g/mol. The summed E-state index contributed by atoms with van der Waals surface area (Å²) in [7, 11) is 0. The van der Waals surface area contributed by atoms with E-state index in [-0.39, 0.29) is 30.2 Å². The molecule has 2 aliphatic heterocycles. The van der Waals surface area contributed by atoms with E-state index in [1.165, 1.54) is 6.42 Å². The van der Waals surface area contributed by atoms with Gasteiger partial charge in [-0.05, 0) is 46.0 Å². The van der Waals surface area contributed by atoms with Crippen molar-refractivity contribution >= 4 is 5.91 Å². The van der Waals surface area contributed by atoms with Gasteiger partial charge < -0.3 is 15.4 Å².